The van der Waals surface area contributed by atoms with Crippen LogP contribution >= 0.6 is 23.1 Å². The predicted molar refractivity (Wildman–Crippen MR) is 237 cm³/mol. The van der Waals surface area contributed by atoms with Gasteiger partial charge in [0.25, 0.3) is 0 Å². The van der Waals surface area contributed by atoms with Crippen LogP contribution in [0.4, 0.5) is 0 Å². The van der Waals surface area contributed by atoms with Crippen molar-refractivity contribution in [1.82, 2.24) is 0 Å². The molecular formula is C50H37BrMgO3S2. The molecule has 1 aliphatic rings. The van der Waals surface area contributed by atoms with E-state index >= 15 is 0 Å². The average molecular weight is 854 g/mol. The summed E-state index contributed by atoms with van der Waals surface area (Å²) in [6, 6.07) is 71.8. The van der Waals surface area contributed by atoms with E-state index in [0.29, 0.717) is 0 Å². The molecule has 7 heteroatoms. The Morgan fingerprint density at radius 3 is 1.46 bits per heavy atom. The Kier molecular flexibility index (Phi) is 15.2. The van der Waals surface area contributed by atoms with E-state index in [4.69, 9.17) is 0 Å². The number of fused-ring (bicyclic) bond motifs is 4. The molecule has 0 radical (unpaired) electrons. The van der Waals surface area contributed by atoms with E-state index in [0.717, 1.165) is 63.3 Å². The summed E-state index contributed by atoms with van der Waals surface area (Å²) in [4.78, 5) is 14.3. The zero-order valence-corrected chi connectivity index (χ0v) is 35.5. The fourth-order valence-electron chi connectivity index (χ4n) is 6.87. The van der Waals surface area contributed by atoms with Gasteiger partial charge >= 0.3 is 23.1 Å². The molecule has 0 amide bonds. The molecule has 0 bridgehead atoms. The van der Waals surface area contributed by atoms with Gasteiger partial charge in [0.1, 0.15) is 5.60 Å². The van der Waals surface area contributed by atoms with Crippen molar-refractivity contribution in [2.75, 3.05) is 0 Å². The van der Waals surface area contributed by atoms with Crippen molar-refractivity contribution in [3.05, 3.63) is 239 Å². The quantitative estimate of drug-likeness (QED) is 0.110. The van der Waals surface area contributed by atoms with Crippen molar-refractivity contribution in [3.63, 3.8) is 0 Å². The molecule has 2 heterocycles. The Balaban J connectivity index is 0.000000176. The number of hydrogen-bond acceptors (Lipinski definition) is 4. The van der Waals surface area contributed by atoms with E-state index < -0.39 is 5.60 Å². The molecule has 0 atom stereocenters. The van der Waals surface area contributed by atoms with E-state index in [1.165, 1.54) is 5.56 Å². The van der Waals surface area contributed by atoms with Gasteiger partial charge in [0.05, 0.1) is 0 Å². The summed E-state index contributed by atoms with van der Waals surface area (Å²) in [5.41, 5.74) is 6.28. The first-order valence-electron chi connectivity index (χ1n) is 17.8. The van der Waals surface area contributed by atoms with Gasteiger partial charge in [-0.05, 0) is 47.5 Å². The molecule has 57 heavy (non-hydrogen) atoms. The van der Waals surface area contributed by atoms with Crippen LogP contribution in [-0.2, 0) is 5.60 Å². The molecule has 10 rings (SSSR count). The maximum absolute atomic E-state index is 12.3. The number of benzene rings is 8. The monoisotopic (exact) mass is 852 g/mol. The molecule has 0 unspecified atom stereocenters. The fraction of sp³-hybridized carbons (Fsp3) is 0.0200. The molecular weight excluding hydrogens is 817 g/mol. The Bertz CT molecular complexity index is 2600. The number of hydrogen-bond donors (Lipinski definition) is 1. The first-order chi connectivity index (χ1) is 26.6. The van der Waals surface area contributed by atoms with E-state index in [2.05, 4.69) is 54.6 Å². The number of rotatable bonds is 3. The molecule has 3 nitrogen and oxygen atoms in total. The van der Waals surface area contributed by atoms with E-state index in [1.807, 2.05) is 158 Å². The second kappa shape index (κ2) is 20.0. The summed E-state index contributed by atoms with van der Waals surface area (Å²) < 4.78 is 2.11. The number of halogens is 1. The van der Waals surface area contributed by atoms with Crippen molar-refractivity contribution in [3.8, 4) is 22.3 Å². The summed E-state index contributed by atoms with van der Waals surface area (Å²) in [6.45, 7) is 0. The van der Waals surface area contributed by atoms with Gasteiger partial charge in [-0.3, -0.25) is 4.79 Å². The van der Waals surface area contributed by atoms with E-state index in [-0.39, 0.29) is 50.9 Å². The molecule has 276 valence electrons. The molecule has 0 aliphatic carbocycles. The van der Waals surface area contributed by atoms with Crippen LogP contribution < -0.4 is 22.4 Å². The van der Waals surface area contributed by atoms with Crippen LogP contribution in [0.2, 0.25) is 0 Å². The topological polar surface area (TPSA) is 68.8 Å². The Morgan fingerprint density at radius 2 is 0.912 bits per heavy atom. The first kappa shape index (κ1) is 43.3. The SMILES string of the molecule is O.O=c1c2ccccc2sc2ccccc12.OC1(c2ccccc2-c2ccccc2)c2ccccc2Sc2ccccc21.[Br-].[Mg+2].[c-]1ccccc1-c1ccccc1. The van der Waals surface area contributed by atoms with Crippen molar-refractivity contribution < 1.29 is 27.6 Å². The number of aliphatic hydroxyl groups is 1. The first-order valence-corrected chi connectivity index (χ1v) is 19.4. The minimum Gasteiger partial charge on any atom is -1.00 e. The summed E-state index contributed by atoms with van der Waals surface area (Å²) in [7, 11) is 0. The van der Waals surface area contributed by atoms with Crippen molar-refractivity contribution >= 4 is 66.3 Å². The molecule has 0 fully saturated rings. The smallest absolute Gasteiger partial charge is 1.00 e. The van der Waals surface area contributed by atoms with Crippen LogP contribution in [-0.4, -0.2) is 33.6 Å². The molecule has 0 saturated heterocycles. The molecule has 9 aromatic rings. The van der Waals surface area contributed by atoms with Crippen LogP contribution in [0.15, 0.2) is 221 Å². The van der Waals surface area contributed by atoms with Gasteiger partial charge in [0.15, 0.2) is 5.43 Å². The van der Waals surface area contributed by atoms with E-state index in [1.54, 1.807) is 23.1 Å². The van der Waals surface area contributed by atoms with Crippen LogP contribution in [0.3, 0.4) is 0 Å². The van der Waals surface area contributed by atoms with Crippen molar-refractivity contribution in [2.45, 2.75) is 15.4 Å². The van der Waals surface area contributed by atoms with Gasteiger partial charge in [-0.2, -0.15) is 0 Å². The second-order valence-electron chi connectivity index (χ2n) is 12.8. The van der Waals surface area contributed by atoms with Gasteiger partial charge in [0, 0.05) is 46.7 Å². The van der Waals surface area contributed by atoms with Crippen molar-refractivity contribution in [2.24, 2.45) is 0 Å². The van der Waals surface area contributed by atoms with Crippen LogP contribution in [0.5, 0.6) is 0 Å². The minimum atomic E-state index is -1.19. The molecule has 0 spiro atoms. The fourth-order valence-corrected chi connectivity index (χ4v) is 9.12. The van der Waals surface area contributed by atoms with Gasteiger partial charge in [0.2, 0.25) is 0 Å². The zero-order chi connectivity index (χ0) is 36.7. The summed E-state index contributed by atoms with van der Waals surface area (Å²) in [5.74, 6) is 0. The maximum atomic E-state index is 12.3. The third-order valence-corrected chi connectivity index (χ3v) is 11.8. The molecule has 8 aromatic carbocycles. The van der Waals surface area contributed by atoms with Gasteiger partial charge < -0.3 is 27.6 Å². The van der Waals surface area contributed by atoms with Crippen LogP contribution in [0.25, 0.3) is 42.4 Å². The van der Waals surface area contributed by atoms with Gasteiger partial charge in [-0.25, -0.2) is 0 Å². The Labute approximate surface area is 368 Å². The van der Waals surface area contributed by atoms with Crippen LogP contribution in [0.1, 0.15) is 16.7 Å². The Morgan fingerprint density at radius 1 is 0.474 bits per heavy atom. The Hall–Kier alpha value is -4.83. The maximum Gasteiger partial charge on any atom is 2.00 e. The van der Waals surface area contributed by atoms with Gasteiger partial charge in [-0.15, -0.1) is 47.2 Å². The molecule has 1 aliphatic heterocycles. The predicted octanol–water partition coefficient (Wildman–Crippen LogP) is 8.47. The standard InChI is InChI=1S/C25H18OS.C13H8OS.C12H9.BrH.Mg.H2O/c26-25(20-13-5-4-12-19(20)18-10-2-1-3-11-18)21-14-6-8-16-23(21)27-24-17-9-7-15-22(24)25;14-13-9-5-1-3-7-11(9)15-12-8-4-2-6-10(12)13;1-3-7-11(8-4-1)12-9-5-2-6-10-12;;;/h1-17,26H;1-8H;1-9H;1H;;1H2/q;;-1;;+2;/p-1. The van der Waals surface area contributed by atoms with Gasteiger partial charge in [-0.1, -0.05) is 163 Å². The summed E-state index contributed by atoms with van der Waals surface area (Å²) in [6.07, 6.45) is 0. The normalized spacial score (nSPS) is 11.7. The summed E-state index contributed by atoms with van der Waals surface area (Å²) >= 11 is 3.39. The second-order valence-corrected chi connectivity index (χ2v) is 14.9. The molecule has 0 saturated carbocycles. The third-order valence-electron chi connectivity index (χ3n) is 9.45. The minimum absolute atomic E-state index is 0. The molecule has 3 N–H and O–H groups in total. The summed E-state index contributed by atoms with van der Waals surface area (Å²) in [5, 5.41) is 13.9. The van der Waals surface area contributed by atoms with E-state index in [9.17, 15) is 9.90 Å². The van der Waals surface area contributed by atoms with Crippen molar-refractivity contribution in [1.29, 1.82) is 0 Å². The average Bonchev–Trinajstić information content (AvgIpc) is 3.25. The third kappa shape index (κ3) is 9.17. The molecule has 1 aromatic heterocycles. The zero-order valence-electron chi connectivity index (χ0n) is 30.9. The largest absolute Gasteiger partial charge is 2.00 e. The van der Waals surface area contributed by atoms with Crippen LogP contribution in [0, 0.1) is 6.07 Å².